The number of nitrogens with one attached hydrogen (secondary N) is 2. The molecule has 2 heterocycles. The molecule has 0 aliphatic rings. The molecule has 6 nitrogen and oxygen atoms in total. The number of rotatable bonds is 6. The van der Waals surface area contributed by atoms with E-state index >= 15 is 0 Å². The van der Waals surface area contributed by atoms with Crippen LogP contribution in [-0.4, -0.2) is 24.7 Å². The minimum atomic E-state index is -3.58. The van der Waals surface area contributed by atoms with E-state index in [0.29, 0.717) is 22.8 Å². The van der Waals surface area contributed by atoms with Gasteiger partial charge in [-0.2, -0.15) is 5.10 Å². The molecule has 0 bridgehead atoms. The minimum absolute atomic E-state index is 0.337. The van der Waals surface area contributed by atoms with Gasteiger partial charge in [-0.15, -0.1) is 11.3 Å². The lowest BCUT2D eigenvalue weighted by atomic mass is 10.4. The third kappa shape index (κ3) is 3.63. The second-order valence-corrected chi connectivity index (χ2v) is 7.81. The maximum atomic E-state index is 12.5. The molecule has 0 amide bonds. The van der Waals surface area contributed by atoms with E-state index in [9.17, 15) is 8.42 Å². The fraction of sp³-hybridized carbons (Fsp3) is 0.462. The molecule has 21 heavy (non-hydrogen) atoms. The van der Waals surface area contributed by atoms with Crippen LogP contribution in [0, 0.1) is 13.8 Å². The molecule has 2 aromatic rings. The molecule has 2 rings (SSSR count). The average Bonchev–Trinajstić information content (AvgIpc) is 2.90. The number of anilines is 1. The summed E-state index contributed by atoms with van der Waals surface area (Å²) in [4.78, 5) is 2.14. The molecule has 0 atom stereocenters. The Morgan fingerprint density at radius 2 is 2.10 bits per heavy atom. The van der Waals surface area contributed by atoms with Gasteiger partial charge in [0.1, 0.15) is 4.90 Å². The lowest BCUT2D eigenvalue weighted by Crippen LogP contribution is -2.14. The molecule has 8 heteroatoms. The van der Waals surface area contributed by atoms with Gasteiger partial charge in [0.2, 0.25) is 0 Å². The molecule has 0 saturated heterocycles. The standard InChI is InChI=1S/C13H20N4O2S2/c1-5-14-7-11-6-13(10(3)20-11)21(18,19)16-12-8-17(4)15-9(12)2/h6,8,14,16H,5,7H2,1-4H3. The predicted octanol–water partition coefficient (Wildman–Crippen LogP) is 2.01. The SMILES string of the molecule is CCNCc1cc(S(=O)(=O)Nc2cn(C)nc2C)c(C)s1. The lowest BCUT2D eigenvalue weighted by molar-refractivity contribution is 0.601. The number of aromatic nitrogens is 2. The number of thiophene rings is 1. The highest BCUT2D eigenvalue weighted by atomic mass is 32.2. The first-order valence-electron chi connectivity index (χ1n) is 6.66. The lowest BCUT2D eigenvalue weighted by Gasteiger charge is -2.05. The van der Waals surface area contributed by atoms with Gasteiger partial charge in [0.05, 0.1) is 11.4 Å². The molecular weight excluding hydrogens is 308 g/mol. The Bertz CT molecular complexity index is 731. The van der Waals surface area contributed by atoms with Gasteiger partial charge in [-0.1, -0.05) is 6.92 Å². The van der Waals surface area contributed by atoms with Gasteiger partial charge >= 0.3 is 0 Å². The minimum Gasteiger partial charge on any atom is -0.312 e. The molecule has 116 valence electrons. The zero-order valence-electron chi connectivity index (χ0n) is 12.6. The van der Waals surface area contributed by atoms with Crippen molar-refractivity contribution in [2.45, 2.75) is 32.2 Å². The Labute approximate surface area is 129 Å². The molecule has 0 fully saturated rings. The third-order valence-corrected chi connectivity index (χ3v) is 5.69. The molecule has 0 saturated carbocycles. The molecule has 2 N–H and O–H groups in total. The fourth-order valence-electron chi connectivity index (χ4n) is 2.03. The van der Waals surface area contributed by atoms with E-state index in [4.69, 9.17) is 0 Å². The van der Waals surface area contributed by atoms with E-state index < -0.39 is 10.0 Å². The van der Waals surface area contributed by atoms with Gasteiger partial charge in [0.25, 0.3) is 10.0 Å². The molecule has 0 unspecified atom stereocenters. The summed E-state index contributed by atoms with van der Waals surface area (Å²) in [5.41, 5.74) is 1.16. The van der Waals surface area contributed by atoms with Crippen molar-refractivity contribution in [2.75, 3.05) is 11.3 Å². The van der Waals surface area contributed by atoms with Crippen LogP contribution < -0.4 is 10.0 Å². The van der Waals surface area contributed by atoms with Crippen LogP contribution in [0.3, 0.4) is 0 Å². The highest BCUT2D eigenvalue weighted by Crippen LogP contribution is 2.28. The molecule has 0 aromatic carbocycles. The summed E-state index contributed by atoms with van der Waals surface area (Å²) in [7, 11) is -1.82. The molecule has 0 aliphatic heterocycles. The Balaban J connectivity index is 2.27. The smallest absolute Gasteiger partial charge is 0.263 e. The molecule has 0 radical (unpaired) electrons. The van der Waals surface area contributed by atoms with Crippen molar-refractivity contribution in [3.05, 3.63) is 27.7 Å². The Morgan fingerprint density at radius 3 is 2.67 bits per heavy atom. The number of nitrogens with zero attached hydrogens (tertiary/aromatic N) is 2. The molecule has 2 aromatic heterocycles. The van der Waals surface area contributed by atoms with Gasteiger partial charge < -0.3 is 5.32 Å². The van der Waals surface area contributed by atoms with Crippen LogP contribution in [0.5, 0.6) is 0 Å². The summed E-state index contributed by atoms with van der Waals surface area (Å²) in [5, 5.41) is 7.34. The van der Waals surface area contributed by atoms with Crippen LogP contribution in [0.4, 0.5) is 5.69 Å². The van der Waals surface area contributed by atoms with Crippen LogP contribution in [0.2, 0.25) is 0 Å². The zero-order valence-corrected chi connectivity index (χ0v) is 14.2. The van der Waals surface area contributed by atoms with E-state index in [1.54, 1.807) is 30.9 Å². The summed E-state index contributed by atoms with van der Waals surface area (Å²) >= 11 is 1.50. The normalized spacial score (nSPS) is 11.8. The van der Waals surface area contributed by atoms with E-state index in [1.807, 2.05) is 13.8 Å². The second kappa shape index (κ2) is 6.17. The summed E-state index contributed by atoms with van der Waals surface area (Å²) in [6.07, 6.45) is 1.66. The maximum Gasteiger partial charge on any atom is 0.263 e. The van der Waals surface area contributed by atoms with Crippen LogP contribution >= 0.6 is 11.3 Å². The number of sulfonamides is 1. The third-order valence-electron chi connectivity index (χ3n) is 3.02. The van der Waals surface area contributed by atoms with Crippen LogP contribution in [0.15, 0.2) is 17.2 Å². The van der Waals surface area contributed by atoms with E-state index in [1.165, 1.54) is 11.3 Å². The van der Waals surface area contributed by atoms with Gasteiger partial charge in [-0.05, 0) is 26.5 Å². The van der Waals surface area contributed by atoms with Crippen molar-refractivity contribution in [3.8, 4) is 0 Å². The zero-order chi connectivity index (χ0) is 15.6. The first-order valence-corrected chi connectivity index (χ1v) is 8.96. The van der Waals surface area contributed by atoms with E-state index in [2.05, 4.69) is 15.1 Å². The van der Waals surface area contributed by atoms with Crippen molar-refractivity contribution < 1.29 is 8.42 Å². The van der Waals surface area contributed by atoms with Crippen LogP contribution in [-0.2, 0) is 23.6 Å². The highest BCUT2D eigenvalue weighted by molar-refractivity contribution is 7.93. The summed E-state index contributed by atoms with van der Waals surface area (Å²) in [6.45, 7) is 7.15. The van der Waals surface area contributed by atoms with Crippen molar-refractivity contribution in [3.63, 3.8) is 0 Å². The molecular formula is C13H20N4O2S2. The van der Waals surface area contributed by atoms with Gasteiger partial charge in [-0.25, -0.2) is 8.42 Å². The number of hydrogen-bond donors (Lipinski definition) is 2. The monoisotopic (exact) mass is 328 g/mol. The summed E-state index contributed by atoms with van der Waals surface area (Å²) < 4.78 is 29.2. The van der Waals surface area contributed by atoms with Crippen molar-refractivity contribution in [2.24, 2.45) is 7.05 Å². The second-order valence-electron chi connectivity index (χ2n) is 4.82. The summed E-state index contributed by atoms with van der Waals surface area (Å²) in [5.74, 6) is 0. The molecule has 0 spiro atoms. The first kappa shape index (κ1) is 16.0. The quantitative estimate of drug-likeness (QED) is 0.850. The van der Waals surface area contributed by atoms with Crippen molar-refractivity contribution in [1.29, 1.82) is 0 Å². The van der Waals surface area contributed by atoms with Crippen LogP contribution in [0.25, 0.3) is 0 Å². The topological polar surface area (TPSA) is 76.0 Å². The maximum absolute atomic E-state index is 12.5. The predicted molar refractivity (Wildman–Crippen MR) is 85.2 cm³/mol. The number of aryl methyl sites for hydroxylation is 3. The van der Waals surface area contributed by atoms with Crippen molar-refractivity contribution in [1.82, 2.24) is 15.1 Å². The Kier molecular flexibility index (Phi) is 4.70. The number of hydrogen-bond acceptors (Lipinski definition) is 5. The summed E-state index contributed by atoms with van der Waals surface area (Å²) in [6, 6.07) is 1.73. The highest BCUT2D eigenvalue weighted by Gasteiger charge is 2.21. The largest absolute Gasteiger partial charge is 0.312 e. The van der Waals surface area contributed by atoms with E-state index in [0.717, 1.165) is 16.3 Å². The van der Waals surface area contributed by atoms with Gasteiger partial charge in [-0.3, -0.25) is 9.40 Å². The van der Waals surface area contributed by atoms with Gasteiger partial charge in [0.15, 0.2) is 0 Å². The first-order chi connectivity index (χ1) is 9.83. The van der Waals surface area contributed by atoms with Crippen LogP contribution in [0.1, 0.15) is 22.4 Å². The fourth-order valence-corrected chi connectivity index (χ4v) is 4.73. The van der Waals surface area contributed by atoms with E-state index in [-0.39, 0.29) is 0 Å². The van der Waals surface area contributed by atoms with Gasteiger partial charge in [0, 0.05) is 29.5 Å². The Hall–Kier alpha value is -1.38. The Morgan fingerprint density at radius 1 is 1.38 bits per heavy atom. The average molecular weight is 328 g/mol. The van der Waals surface area contributed by atoms with Crippen molar-refractivity contribution >= 4 is 27.0 Å². The molecule has 0 aliphatic carbocycles.